The number of benzene rings is 1. The number of ether oxygens (including phenoxy) is 2. The number of amides is 2. The Morgan fingerprint density at radius 1 is 1.15 bits per heavy atom. The predicted molar refractivity (Wildman–Crippen MR) is 163 cm³/mol. The molecule has 3 aliphatic rings. The van der Waals surface area contributed by atoms with Crippen LogP contribution in [-0.2, 0) is 30.3 Å². The molecule has 47 heavy (non-hydrogen) atoms. The maximum Gasteiger partial charge on any atom is 0.345 e. The molecule has 0 radical (unpaired) electrons. The second-order valence-electron chi connectivity index (χ2n) is 12.7. The lowest BCUT2D eigenvalue weighted by Crippen LogP contribution is -2.56. The molecular formula is C31H40ClN3O12. The van der Waals surface area contributed by atoms with Crippen molar-refractivity contribution in [2.75, 3.05) is 12.4 Å². The Labute approximate surface area is 275 Å². The Morgan fingerprint density at radius 2 is 1.87 bits per heavy atom. The molecule has 0 aliphatic heterocycles. The lowest BCUT2D eigenvalue weighted by molar-refractivity contribution is -0.185. The Morgan fingerprint density at radius 3 is 2.49 bits per heavy atom. The van der Waals surface area contributed by atoms with E-state index in [9.17, 15) is 49.3 Å². The predicted octanol–water partition coefficient (Wildman–Crippen LogP) is 1.66. The maximum absolute atomic E-state index is 13.0. The molecule has 1 aromatic carbocycles. The SMILES string of the molecule is CC(=O)Oc1ccc2c(c1)CC[C@@H]1[C@@H]2CC[C@]2(C)[C@@H](C(OC(=O)[C@@H](O)[C@@H](O)[C@H](O)[C@H](C=O)NC(=O)N(CCCl)N=O)C(=O)O)CC[C@@H]12. The molecule has 10 atom stereocenters. The number of urea groups is 1. The minimum atomic E-state index is -2.48. The largest absolute Gasteiger partial charge is 0.478 e. The number of hydrogen-bond acceptors (Lipinski definition) is 12. The number of carbonyl (C=O) groups is 5. The zero-order valence-electron chi connectivity index (χ0n) is 26.0. The van der Waals surface area contributed by atoms with Crippen LogP contribution in [0.5, 0.6) is 5.75 Å². The number of aliphatic hydroxyl groups excluding tert-OH is 3. The molecule has 2 amide bonds. The first-order valence-electron chi connectivity index (χ1n) is 15.5. The zero-order valence-corrected chi connectivity index (χ0v) is 26.7. The highest BCUT2D eigenvalue weighted by Crippen LogP contribution is 2.64. The molecule has 1 unspecified atom stereocenters. The third-order valence-electron chi connectivity index (χ3n) is 10.2. The summed E-state index contributed by atoms with van der Waals surface area (Å²) in [6.45, 7) is 3.02. The second-order valence-corrected chi connectivity index (χ2v) is 13.1. The number of nitrogens with zero attached hydrogens (tertiary/aromatic N) is 2. The number of esters is 2. The summed E-state index contributed by atoms with van der Waals surface area (Å²) in [4.78, 5) is 71.4. The maximum atomic E-state index is 13.0. The van der Waals surface area contributed by atoms with Crippen LogP contribution in [0.2, 0.25) is 0 Å². The minimum Gasteiger partial charge on any atom is -0.478 e. The van der Waals surface area contributed by atoms with E-state index in [0.29, 0.717) is 30.0 Å². The van der Waals surface area contributed by atoms with Crippen LogP contribution in [0.3, 0.4) is 0 Å². The summed E-state index contributed by atoms with van der Waals surface area (Å²) in [5, 5.41) is 46.3. The average molecular weight is 682 g/mol. The number of fused-ring (bicyclic) bond motifs is 5. The summed E-state index contributed by atoms with van der Waals surface area (Å²) in [5.74, 6) is -3.03. The average Bonchev–Trinajstić information content (AvgIpc) is 3.39. The van der Waals surface area contributed by atoms with Crippen LogP contribution in [0.1, 0.15) is 63.0 Å². The van der Waals surface area contributed by atoms with Gasteiger partial charge in [-0.05, 0) is 85.0 Å². The van der Waals surface area contributed by atoms with Gasteiger partial charge in [-0.2, -0.15) is 5.01 Å². The number of carboxylic acid groups (broad SMARTS) is 1. The summed E-state index contributed by atoms with van der Waals surface area (Å²) >= 11 is 5.48. The van der Waals surface area contributed by atoms with Crippen molar-refractivity contribution >= 4 is 41.8 Å². The van der Waals surface area contributed by atoms with Gasteiger partial charge in [0, 0.05) is 18.7 Å². The van der Waals surface area contributed by atoms with Crippen LogP contribution >= 0.6 is 11.6 Å². The van der Waals surface area contributed by atoms with Crippen molar-refractivity contribution < 1.29 is 53.9 Å². The van der Waals surface area contributed by atoms with Crippen LogP contribution in [0, 0.1) is 28.1 Å². The van der Waals surface area contributed by atoms with Crippen LogP contribution < -0.4 is 10.1 Å². The topological polar surface area (TPSA) is 229 Å². The third kappa shape index (κ3) is 7.42. The number of carbonyl (C=O) groups excluding carboxylic acids is 4. The van der Waals surface area contributed by atoms with Crippen LogP contribution in [-0.4, -0.2) is 98.5 Å². The number of halogens is 1. The fraction of sp³-hybridized carbons (Fsp3) is 0.645. The number of aliphatic hydroxyl groups is 3. The number of rotatable bonds is 13. The van der Waals surface area contributed by atoms with Crippen molar-refractivity contribution in [2.45, 2.75) is 88.7 Å². The van der Waals surface area contributed by atoms with Gasteiger partial charge < -0.3 is 40.0 Å². The lowest BCUT2D eigenvalue weighted by Gasteiger charge is -2.51. The molecule has 15 nitrogen and oxygen atoms in total. The van der Waals surface area contributed by atoms with Gasteiger partial charge in [0.25, 0.3) is 0 Å². The van der Waals surface area contributed by atoms with Gasteiger partial charge in [0.15, 0.2) is 6.10 Å². The summed E-state index contributed by atoms with van der Waals surface area (Å²) < 4.78 is 10.6. The summed E-state index contributed by atoms with van der Waals surface area (Å²) in [6, 6.07) is 2.55. The van der Waals surface area contributed by atoms with Gasteiger partial charge in [-0.15, -0.1) is 16.5 Å². The van der Waals surface area contributed by atoms with E-state index in [1.807, 2.05) is 24.4 Å². The van der Waals surface area contributed by atoms with E-state index in [2.05, 4.69) is 5.29 Å². The van der Waals surface area contributed by atoms with Gasteiger partial charge in [0.05, 0.1) is 11.8 Å². The van der Waals surface area contributed by atoms with Crippen molar-refractivity contribution in [1.29, 1.82) is 0 Å². The first-order chi connectivity index (χ1) is 22.3. The number of alkyl halides is 1. The number of nitrogens with one attached hydrogen (secondary N) is 1. The van der Waals surface area contributed by atoms with Crippen molar-refractivity contribution in [2.24, 2.45) is 28.5 Å². The van der Waals surface area contributed by atoms with Crippen LogP contribution in [0.4, 0.5) is 4.79 Å². The van der Waals surface area contributed by atoms with Crippen LogP contribution in [0.25, 0.3) is 0 Å². The van der Waals surface area contributed by atoms with Gasteiger partial charge in [-0.1, -0.05) is 13.0 Å². The molecule has 0 aromatic heterocycles. The van der Waals surface area contributed by atoms with E-state index in [0.717, 1.165) is 24.8 Å². The van der Waals surface area contributed by atoms with Crippen molar-refractivity contribution in [3.8, 4) is 5.75 Å². The molecule has 0 bridgehead atoms. The Kier molecular flexibility index (Phi) is 11.6. The molecule has 0 saturated heterocycles. The van der Waals surface area contributed by atoms with Crippen LogP contribution in [0.15, 0.2) is 23.5 Å². The zero-order chi connectivity index (χ0) is 34.6. The van der Waals surface area contributed by atoms with Crippen molar-refractivity contribution in [1.82, 2.24) is 10.3 Å². The van der Waals surface area contributed by atoms with E-state index in [1.54, 1.807) is 6.07 Å². The van der Waals surface area contributed by atoms with Gasteiger partial charge in [-0.25, -0.2) is 14.4 Å². The molecule has 0 spiro atoms. The quantitative estimate of drug-likeness (QED) is 0.0500. The second kappa shape index (κ2) is 15.0. The smallest absolute Gasteiger partial charge is 0.345 e. The number of nitroso groups, excluding NO2 is 1. The minimum absolute atomic E-state index is 0.00586. The number of aliphatic carboxylic acids is 1. The summed E-state index contributed by atoms with van der Waals surface area (Å²) in [6.07, 6.45) is -4.60. The van der Waals surface area contributed by atoms with E-state index in [-0.39, 0.29) is 36.5 Å². The summed E-state index contributed by atoms with van der Waals surface area (Å²) in [5.41, 5.74) is 1.80. The monoisotopic (exact) mass is 681 g/mol. The number of aldehydes is 1. The van der Waals surface area contributed by atoms with Gasteiger partial charge in [0.2, 0.25) is 6.10 Å². The van der Waals surface area contributed by atoms with E-state index >= 15 is 0 Å². The fourth-order valence-corrected chi connectivity index (χ4v) is 8.20. The van der Waals surface area contributed by atoms with E-state index in [4.69, 9.17) is 21.1 Å². The van der Waals surface area contributed by atoms with Crippen molar-refractivity contribution in [3.63, 3.8) is 0 Å². The molecule has 0 heterocycles. The normalized spacial score (nSPS) is 27.7. The molecule has 1 aromatic rings. The molecule has 3 aliphatic carbocycles. The van der Waals surface area contributed by atoms with E-state index in [1.165, 1.54) is 12.5 Å². The Bertz CT molecular complexity index is 1380. The lowest BCUT2D eigenvalue weighted by atomic mass is 9.53. The Hall–Kier alpha value is -3.66. The highest BCUT2D eigenvalue weighted by Gasteiger charge is 2.58. The van der Waals surface area contributed by atoms with Crippen molar-refractivity contribution in [3.05, 3.63) is 34.2 Å². The molecule has 2 fully saturated rings. The third-order valence-corrected chi connectivity index (χ3v) is 10.4. The Balaban J connectivity index is 1.44. The molecule has 258 valence electrons. The highest BCUT2D eigenvalue weighted by atomic mass is 35.5. The summed E-state index contributed by atoms with van der Waals surface area (Å²) in [7, 11) is 0. The molecule has 2 saturated carbocycles. The molecule has 5 N–H and O–H groups in total. The number of hydrogen-bond donors (Lipinski definition) is 5. The molecular weight excluding hydrogens is 642 g/mol. The van der Waals surface area contributed by atoms with Gasteiger partial charge in [0.1, 0.15) is 30.3 Å². The number of carboxylic acids is 1. The standard InChI is InChI=1S/C31H40ClN3O12/c1-15(37)46-17-4-6-18-16(13-17)3-5-20-19(18)9-10-31(2)21(20)7-8-22(31)27(28(41)42)47-29(43)26(40)25(39)24(38)23(14-36)33-30(44)35(34-45)12-11-32/h4,6,13-14,19-27,38-40H,3,5,7-12H2,1-2H3,(H,33,44)(H,41,42)/t19-,20-,21+,22-,23+,24-,25+,26+,27?,31+/m1/s1. The highest BCUT2D eigenvalue weighted by molar-refractivity contribution is 6.18. The van der Waals surface area contributed by atoms with E-state index < -0.39 is 65.7 Å². The number of aryl methyl sites for hydroxylation is 1. The first-order valence-corrected chi connectivity index (χ1v) is 16.0. The van der Waals surface area contributed by atoms with Gasteiger partial charge >= 0.3 is 23.9 Å². The van der Waals surface area contributed by atoms with Gasteiger partial charge in [-0.3, -0.25) is 4.79 Å². The first kappa shape index (κ1) is 36.2. The molecule has 4 rings (SSSR count). The molecule has 16 heteroatoms. The fourth-order valence-electron chi connectivity index (χ4n) is 8.04.